The molecular weight excluding hydrogens is 284 g/mol. The molecule has 5 heteroatoms. The van der Waals surface area contributed by atoms with Gasteiger partial charge in [0.2, 0.25) is 0 Å². The molecule has 0 amide bonds. The molecular formula is C12H19BrN2O2. The van der Waals surface area contributed by atoms with Gasteiger partial charge in [-0.05, 0) is 35.7 Å². The van der Waals surface area contributed by atoms with Crippen molar-refractivity contribution >= 4 is 21.9 Å². The Morgan fingerprint density at radius 2 is 2.12 bits per heavy atom. The number of aromatic nitrogens is 2. The van der Waals surface area contributed by atoms with E-state index in [0.29, 0.717) is 12.8 Å². The van der Waals surface area contributed by atoms with Crippen molar-refractivity contribution in [2.24, 2.45) is 5.92 Å². The molecule has 0 saturated carbocycles. The van der Waals surface area contributed by atoms with Crippen LogP contribution in [0, 0.1) is 5.92 Å². The summed E-state index contributed by atoms with van der Waals surface area (Å²) in [7, 11) is 0. The van der Waals surface area contributed by atoms with E-state index in [1.165, 1.54) is 0 Å². The molecule has 1 N–H and O–H groups in total. The highest BCUT2D eigenvalue weighted by Crippen LogP contribution is 2.25. The quantitative estimate of drug-likeness (QED) is 0.879. The minimum Gasteiger partial charge on any atom is -0.481 e. The van der Waals surface area contributed by atoms with E-state index >= 15 is 0 Å². The van der Waals surface area contributed by atoms with Gasteiger partial charge < -0.3 is 5.11 Å². The van der Waals surface area contributed by atoms with Gasteiger partial charge in [0, 0.05) is 13.0 Å². The molecule has 96 valence electrons. The van der Waals surface area contributed by atoms with Gasteiger partial charge >= 0.3 is 5.97 Å². The highest BCUT2D eigenvalue weighted by molar-refractivity contribution is 9.10. The summed E-state index contributed by atoms with van der Waals surface area (Å²) in [5, 5.41) is 13.6. The molecule has 1 aromatic heterocycles. The average Bonchev–Trinajstić information content (AvgIpc) is 2.62. The average molecular weight is 303 g/mol. The number of aryl methyl sites for hydroxylation is 2. The van der Waals surface area contributed by atoms with Crippen molar-refractivity contribution in [1.29, 1.82) is 0 Å². The molecule has 0 aliphatic rings. The van der Waals surface area contributed by atoms with Crippen molar-refractivity contribution in [3.8, 4) is 0 Å². The summed E-state index contributed by atoms with van der Waals surface area (Å²) in [6, 6.07) is 0. The Kier molecular flexibility index (Phi) is 5.18. The Morgan fingerprint density at radius 1 is 1.47 bits per heavy atom. The summed E-state index contributed by atoms with van der Waals surface area (Å²) in [6.45, 7) is 6.74. The normalized spacial score (nSPS) is 12.7. The number of nitrogens with zero attached hydrogens (tertiary/aromatic N) is 2. The Labute approximate surface area is 110 Å². The van der Waals surface area contributed by atoms with E-state index in [4.69, 9.17) is 5.11 Å². The zero-order valence-electron chi connectivity index (χ0n) is 10.5. The van der Waals surface area contributed by atoms with Gasteiger partial charge in [-0.2, -0.15) is 5.10 Å². The molecule has 1 atom stereocenters. The smallest absolute Gasteiger partial charge is 0.306 e. The molecule has 0 aliphatic carbocycles. The van der Waals surface area contributed by atoms with Gasteiger partial charge in [-0.3, -0.25) is 9.48 Å². The molecule has 0 spiro atoms. The van der Waals surface area contributed by atoms with Crippen LogP contribution in [0.25, 0.3) is 0 Å². The van der Waals surface area contributed by atoms with Crippen LogP contribution in [0.5, 0.6) is 0 Å². The highest BCUT2D eigenvalue weighted by atomic mass is 79.9. The fraction of sp³-hybridized carbons (Fsp3) is 0.667. The van der Waals surface area contributed by atoms with Gasteiger partial charge in [-0.15, -0.1) is 0 Å². The topological polar surface area (TPSA) is 55.1 Å². The van der Waals surface area contributed by atoms with Crippen LogP contribution in [0.4, 0.5) is 0 Å². The van der Waals surface area contributed by atoms with E-state index in [1.807, 2.05) is 25.5 Å². The van der Waals surface area contributed by atoms with E-state index < -0.39 is 5.97 Å². The Hall–Kier alpha value is -0.840. The predicted octanol–water partition coefficient (Wildman–Crippen LogP) is 2.88. The second-order valence-electron chi connectivity index (χ2n) is 4.02. The zero-order chi connectivity index (χ0) is 13.0. The van der Waals surface area contributed by atoms with Crippen molar-refractivity contribution in [2.45, 2.75) is 46.6 Å². The Balaban J connectivity index is 3.03. The molecule has 17 heavy (non-hydrogen) atoms. The molecule has 0 radical (unpaired) electrons. The molecule has 1 heterocycles. The van der Waals surface area contributed by atoms with Crippen LogP contribution in [0.1, 0.15) is 38.6 Å². The summed E-state index contributed by atoms with van der Waals surface area (Å²) < 4.78 is 2.87. The lowest BCUT2D eigenvalue weighted by Gasteiger charge is -2.11. The van der Waals surface area contributed by atoms with Gasteiger partial charge in [-0.25, -0.2) is 0 Å². The summed E-state index contributed by atoms with van der Waals surface area (Å²) >= 11 is 3.53. The van der Waals surface area contributed by atoms with Crippen molar-refractivity contribution in [3.63, 3.8) is 0 Å². The van der Waals surface area contributed by atoms with Gasteiger partial charge in [0.05, 0.1) is 21.8 Å². The van der Waals surface area contributed by atoms with E-state index in [9.17, 15) is 4.79 Å². The van der Waals surface area contributed by atoms with Crippen molar-refractivity contribution in [2.75, 3.05) is 0 Å². The van der Waals surface area contributed by atoms with Crippen LogP contribution < -0.4 is 0 Å². The zero-order valence-corrected chi connectivity index (χ0v) is 12.1. The molecule has 1 rings (SSSR count). The van der Waals surface area contributed by atoms with Crippen LogP contribution in [0.15, 0.2) is 4.47 Å². The SMILES string of the molecule is CCc1nn(CC)c(CC(CC)C(=O)O)c1Br. The number of carboxylic acid groups (broad SMARTS) is 1. The van der Waals surface area contributed by atoms with Crippen LogP contribution in [0.2, 0.25) is 0 Å². The first kappa shape index (κ1) is 14.2. The number of carboxylic acids is 1. The molecule has 0 fully saturated rings. The first-order valence-electron chi connectivity index (χ1n) is 6.01. The number of rotatable bonds is 6. The first-order chi connectivity index (χ1) is 8.04. The van der Waals surface area contributed by atoms with E-state index in [2.05, 4.69) is 21.0 Å². The minimum atomic E-state index is -0.735. The maximum atomic E-state index is 11.1. The first-order valence-corrected chi connectivity index (χ1v) is 6.81. The molecule has 1 unspecified atom stereocenters. The lowest BCUT2D eigenvalue weighted by Crippen LogP contribution is -2.18. The Bertz CT molecular complexity index is 401. The van der Waals surface area contributed by atoms with Crippen LogP contribution in [-0.2, 0) is 24.2 Å². The molecule has 0 bridgehead atoms. The van der Waals surface area contributed by atoms with Gasteiger partial charge in [0.15, 0.2) is 0 Å². The van der Waals surface area contributed by atoms with Crippen molar-refractivity contribution < 1.29 is 9.90 Å². The molecule has 0 saturated heterocycles. The van der Waals surface area contributed by atoms with Crippen LogP contribution >= 0.6 is 15.9 Å². The van der Waals surface area contributed by atoms with Gasteiger partial charge in [0.1, 0.15) is 0 Å². The minimum absolute atomic E-state index is 0.335. The third-order valence-corrected chi connectivity index (χ3v) is 3.89. The van der Waals surface area contributed by atoms with E-state index in [0.717, 1.165) is 28.8 Å². The predicted molar refractivity (Wildman–Crippen MR) is 70.1 cm³/mol. The number of aliphatic carboxylic acids is 1. The van der Waals surface area contributed by atoms with Gasteiger partial charge in [0.25, 0.3) is 0 Å². The number of carbonyl (C=O) groups is 1. The number of halogens is 1. The summed E-state index contributed by atoms with van der Waals surface area (Å²) in [6.07, 6.45) is 2.02. The second kappa shape index (κ2) is 6.19. The third-order valence-electron chi connectivity index (χ3n) is 2.98. The van der Waals surface area contributed by atoms with Crippen molar-refractivity contribution in [3.05, 3.63) is 15.9 Å². The standard InChI is InChI=1S/C12H19BrN2O2/c1-4-8(12(16)17)7-10-11(13)9(5-2)14-15(10)6-3/h8H,4-7H2,1-3H3,(H,16,17). The number of hydrogen-bond acceptors (Lipinski definition) is 2. The fourth-order valence-corrected chi connectivity index (χ4v) is 2.58. The lowest BCUT2D eigenvalue weighted by molar-refractivity contribution is -0.141. The third kappa shape index (κ3) is 3.09. The highest BCUT2D eigenvalue weighted by Gasteiger charge is 2.21. The van der Waals surface area contributed by atoms with Crippen LogP contribution in [-0.4, -0.2) is 20.9 Å². The molecule has 0 aromatic carbocycles. The maximum Gasteiger partial charge on any atom is 0.306 e. The van der Waals surface area contributed by atoms with Crippen molar-refractivity contribution in [1.82, 2.24) is 9.78 Å². The molecule has 0 aliphatic heterocycles. The Morgan fingerprint density at radius 3 is 2.53 bits per heavy atom. The van der Waals surface area contributed by atoms with E-state index in [-0.39, 0.29) is 5.92 Å². The largest absolute Gasteiger partial charge is 0.481 e. The van der Waals surface area contributed by atoms with Gasteiger partial charge in [-0.1, -0.05) is 13.8 Å². The molecule has 4 nitrogen and oxygen atoms in total. The second-order valence-corrected chi connectivity index (χ2v) is 4.82. The monoisotopic (exact) mass is 302 g/mol. The summed E-state index contributed by atoms with van der Waals surface area (Å²) in [5.41, 5.74) is 2.00. The maximum absolute atomic E-state index is 11.1. The number of hydrogen-bond donors (Lipinski definition) is 1. The van der Waals surface area contributed by atoms with E-state index in [1.54, 1.807) is 0 Å². The fourth-order valence-electron chi connectivity index (χ4n) is 1.85. The lowest BCUT2D eigenvalue weighted by atomic mass is 10.0. The summed E-state index contributed by atoms with van der Waals surface area (Å²) in [4.78, 5) is 11.1. The molecule has 1 aromatic rings. The summed E-state index contributed by atoms with van der Waals surface area (Å²) in [5.74, 6) is -1.07. The van der Waals surface area contributed by atoms with Crippen LogP contribution in [0.3, 0.4) is 0 Å².